The Morgan fingerprint density at radius 2 is 1.82 bits per heavy atom. The number of hydrogen-bond donors (Lipinski definition) is 2. The van der Waals surface area contributed by atoms with Crippen molar-refractivity contribution in [3.8, 4) is 6.07 Å². The fourth-order valence-corrected chi connectivity index (χ4v) is 3.60. The van der Waals surface area contributed by atoms with Gasteiger partial charge in [0.15, 0.2) is 6.61 Å². The minimum absolute atomic E-state index is 0.0919. The predicted molar refractivity (Wildman–Crippen MR) is 104 cm³/mol. The van der Waals surface area contributed by atoms with Crippen LogP contribution < -0.4 is 10.0 Å². The minimum atomic E-state index is -3.94. The number of nitriles is 1. The Labute approximate surface area is 166 Å². The number of amides is 1. The molecular weight excluding hydrogens is 402 g/mol. The molecule has 1 amide bonds. The van der Waals surface area contributed by atoms with Gasteiger partial charge in [-0.15, -0.1) is 11.8 Å². The number of carbonyl (C=O) groups is 2. The van der Waals surface area contributed by atoms with Crippen LogP contribution in [0, 0.1) is 11.3 Å². The van der Waals surface area contributed by atoms with Crippen molar-refractivity contribution in [3.05, 3.63) is 54.1 Å². The summed E-state index contributed by atoms with van der Waals surface area (Å²) >= 11 is 1.46. The molecule has 8 nitrogen and oxygen atoms in total. The van der Waals surface area contributed by atoms with Crippen LogP contribution in [0.25, 0.3) is 0 Å². The maximum absolute atomic E-state index is 12.1. The van der Waals surface area contributed by atoms with Crippen molar-refractivity contribution in [1.29, 1.82) is 5.26 Å². The van der Waals surface area contributed by atoms with Gasteiger partial charge in [-0.05, 0) is 42.7 Å². The number of ether oxygens (including phenoxy) is 1. The molecule has 2 aromatic rings. The quantitative estimate of drug-likeness (QED) is 0.493. The largest absolute Gasteiger partial charge is 0.455 e. The number of rotatable bonds is 8. The molecule has 0 aliphatic carbocycles. The maximum Gasteiger partial charge on any atom is 0.321 e. The molecule has 2 N–H and O–H groups in total. The summed E-state index contributed by atoms with van der Waals surface area (Å²) in [5.41, 5.74) is 0.907. The topological polar surface area (TPSA) is 125 Å². The van der Waals surface area contributed by atoms with Crippen LogP contribution in [0.1, 0.15) is 5.56 Å². The van der Waals surface area contributed by atoms with Crippen LogP contribution >= 0.6 is 11.8 Å². The first-order chi connectivity index (χ1) is 13.4. The van der Waals surface area contributed by atoms with Crippen LogP contribution in [0.3, 0.4) is 0 Å². The molecule has 0 bridgehead atoms. The zero-order valence-electron chi connectivity index (χ0n) is 14.8. The molecule has 10 heteroatoms. The third-order valence-electron chi connectivity index (χ3n) is 3.45. The lowest BCUT2D eigenvalue weighted by molar-refractivity contribution is -0.146. The smallest absolute Gasteiger partial charge is 0.321 e. The average molecular weight is 419 g/mol. The number of esters is 1. The minimum Gasteiger partial charge on any atom is -0.455 e. The average Bonchev–Trinajstić information content (AvgIpc) is 2.71. The molecule has 2 rings (SSSR count). The van der Waals surface area contributed by atoms with Gasteiger partial charge in [0.1, 0.15) is 6.54 Å². The monoisotopic (exact) mass is 419 g/mol. The van der Waals surface area contributed by atoms with E-state index < -0.39 is 35.1 Å². The van der Waals surface area contributed by atoms with Gasteiger partial charge in [0.25, 0.3) is 5.91 Å². The van der Waals surface area contributed by atoms with Crippen LogP contribution in [0.15, 0.2) is 58.3 Å². The van der Waals surface area contributed by atoms with Gasteiger partial charge >= 0.3 is 5.97 Å². The second-order valence-electron chi connectivity index (χ2n) is 5.37. The van der Waals surface area contributed by atoms with E-state index in [1.807, 2.05) is 24.5 Å². The summed E-state index contributed by atoms with van der Waals surface area (Å²) in [7, 11) is -3.94. The summed E-state index contributed by atoms with van der Waals surface area (Å²) in [4.78, 5) is 24.4. The fourth-order valence-electron chi connectivity index (χ4n) is 2.08. The summed E-state index contributed by atoms with van der Waals surface area (Å²) in [5, 5.41) is 11.3. The summed E-state index contributed by atoms with van der Waals surface area (Å²) in [6.07, 6.45) is 1.87. The van der Waals surface area contributed by atoms with Crippen LogP contribution in [0.2, 0.25) is 0 Å². The van der Waals surface area contributed by atoms with E-state index in [0.717, 1.165) is 4.90 Å². The van der Waals surface area contributed by atoms with E-state index in [9.17, 15) is 18.0 Å². The van der Waals surface area contributed by atoms with Crippen molar-refractivity contribution in [2.45, 2.75) is 9.79 Å². The molecule has 0 aliphatic rings. The van der Waals surface area contributed by atoms with Gasteiger partial charge in [-0.2, -0.15) is 9.98 Å². The molecule has 0 spiro atoms. The number of thioether (sulfide) groups is 1. The summed E-state index contributed by atoms with van der Waals surface area (Å²) in [5.74, 6) is -1.43. The Hall–Kier alpha value is -2.87. The zero-order chi connectivity index (χ0) is 20.6. The van der Waals surface area contributed by atoms with Crippen molar-refractivity contribution in [1.82, 2.24) is 4.72 Å². The van der Waals surface area contributed by atoms with Gasteiger partial charge in [0.2, 0.25) is 10.0 Å². The van der Waals surface area contributed by atoms with E-state index in [-0.39, 0.29) is 4.90 Å². The normalized spacial score (nSPS) is 10.7. The standard InChI is InChI=1S/C18H17N3O5S2/c1-27-16-5-3-2-4-15(16)21-17(22)12-26-18(23)11-20-28(24,25)14-8-6-13(10-19)7-9-14/h2-9,20H,11-12H2,1H3,(H,21,22). The van der Waals surface area contributed by atoms with Crippen molar-refractivity contribution < 1.29 is 22.7 Å². The number of hydrogen-bond acceptors (Lipinski definition) is 7. The highest BCUT2D eigenvalue weighted by atomic mass is 32.2. The van der Waals surface area contributed by atoms with Gasteiger partial charge in [-0.25, -0.2) is 8.42 Å². The maximum atomic E-state index is 12.1. The van der Waals surface area contributed by atoms with Crippen LogP contribution in [0.5, 0.6) is 0 Å². The third-order valence-corrected chi connectivity index (χ3v) is 5.66. The molecule has 0 radical (unpaired) electrons. The van der Waals surface area contributed by atoms with Crippen LogP contribution in [0.4, 0.5) is 5.69 Å². The second-order valence-corrected chi connectivity index (χ2v) is 7.98. The summed E-state index contributed by atoms with van der Waals surface area (Å²) in [6.45, 7) is -1.17. The Balaban J connectivity index is 1.83. The molecule has 0 aromatic heterocycles. The lowest BCUT2D eigenvalue weighted by atomic mass is 10.2. The first kappa shape index (κ1) is 21.4. The molecule has 0 saturated heterocycles. The summed E-state index contributed by atoms with van der Waals surface area (Å²) in [6, 6.07) is 14.2. The Morgan fingerprint density at radius 3 is 2.46 bits per heavy atom. The SMILES string of the molecule is CSc1ccccc1NC(=O)COC(=O)CNS(=O)(=O)c1ccc(C#N)cc1. The Morgan fingerprint density at radius 1 is 1.14 bits per heavy atom. The number of nitrogens with zero attached hydrogens (tertiary/aromatic N) is 1. The van der Waals surface area contributed by atoms with Crippen molar-refractivity contribution in [2.24, 2.45) is 0 Å². The highest BCUT2D eigenvalue weighted by molar-refractivity contribution is 7.98. The molecule has 0 saturated carbocycles. The molecule has 0 heterocycles. The van der Waals surface area contributed by atoms with Gasteiger partial charge in [0.05, 0.1) is 22.2 Å². The first-order valence-electron chi connectivity index (χ1n) is 7.94. The molecular formula is C18H17N3O5S2. The highest BCUT2D eigenvalue weighted by Gasteiger charge is 2.17. The molecule has 28 heavy (non-hydrogen) atoms. The van der Waals surface area contributed by atoms with Crippen LogP contribution in [-0.4, -0.2) is 39.7 Å². The number of para-hydroxylation sites is 1. The third kappa shape index (κ3) is 6.09. The predicted octanol–water partition coefficient (Wildman–Crippen LogP) is 1.74. The molecule has 0 unspecified atom stereocenters. The van der Waals surface area contributed by atoms with E-state index in [4.69, 9.17) is 10.00 Å². The molecule has 146 valence electrons. The van der Waals surface area contributed by atoms with Gasteiger partial charge in [-0.3, -0.25) is 9.59 Å². The molecule has 0 fully saturated rings. The first-order valence-corrected chi connectivity index (χ1v) is 10.6. The van der Waals surface area contributed by atoms with E-state index >= 15 is 0 Å². The Bertz CT molecular complexity index is 999. The van der Waals surface area contributed by atoms with E-state index in [2.05, 4.69) is 10.0 Å². The highest BCUT2D eigenvalue weighted by Crippen LogP contribution is 2.24. The number of nitrogens with one attached hydrogen (secondary N) is 2. The molecule has 0 aliphatic heterocycles. The zero-order valence-corrected chi connectivity index (χ0v) is 16.5. The van der Waals surface area contributed by atoms with E-state index in [1.165, 1.54) is 36.0 Å². The number of sulfonamides is 1. The van der Waals surface area contributed by atoms with E-state index in [1.54, 1.807) is 12.1 Å². The lowest BCUT2D eigenvalue weighted by Crippen LogP contribution is -2.32. The van der Waals surface area contributed by atoms with Crippen molar-refractivity contribution in [3.63, 3.8) is 0 Å². The molecule has 0 atom stereocenters. The molecule has 2 aromatic carbocycles. The number of carbonyl (C=O) groups excluding carboxylic acids is 2. The Kier molecular flexibility index (Phi) is 7.57. The second kappa shape index (κ2) is 9.89. The van der Waals surface area contributed by atoms with E-state index in [0.29, 0.717) is 11.3 Å². The van der Waals surface area contributed by atoms with Gasteiger partial charge in [0, 0.05) is 4.90 Å². The summed E-state index contributed by atoms with van der Waals surface area (Å²) < 4.78 is 31.1. The fraction of sp³-hybridized carbons (Fsp3) is 0.167. The number of benzene rings is 2. The number of anilines is 1. The van der Waals surface area contributed by atoms with Crippen molar-refractivity contribution >= 4 is 39.3 Å². The van der Waals surface area contributed by atoms with Gasteiger partial charge < -0.3 is 10.1 Å². The lowest BCUT2D eigenvalue weighted by Gasteiger charge is -2.10. The van der Waals surface area contributed by atoms with Gasteiger partial charge in [-0.1, -0.05) is 12.1 Å². The van der Waals surface area contributed by atoms with Crippen LogP contribution in [-0.2, 0) is 24.3 Å². The van der Waals surface area contributed by atoms with Crippen molar-refractivity contribution in [2.75, 3.05) is 24.7 Å².